The number of ether oxygens (including phenoxy) is 1. The van der Waals surface area contributed by atoms with Gasteiger partial charge in [-0.15, -0.1) is 0 Å². The Kier molecular flexibility index (Phi) is 3.31. The van der Waals surface area contributed by atoms with Crippen LogP contribution in [0.4, 0.5) is 5.69 Å². The Labute approximate surface area is 117 Å². The molecule has 0 spiro atoms. The van der Waals surface area contributed by atoms with Gasteiger partial charge in [-0.3, -0.25) is 9.59 Å². The molecule has 1 saturated heterocycles. The zero-order valence-corrected chi connectivity index (χ0v) is 11.3. The Morgan fingerprint density at radius 3 is 3.10 bits per heavy atom. The molecule has 3 rings (SSSR count). The quantitative estimate of drug-likeness (QED) is 0.781. The highest BCUT2D eigenvalue weighted by atomic mass is 16.5. The molecule has 6 heteroatoms. The summed E-state index contributed by atoms with van der Waals surface area (Å²) in [6.07, 6.45) is 0. The van der Waals surface area contributed by atoms with Gasteiger partial charge in [0.05, 0.1) is 5.69 Å². The molecule has 2 aliphatic heterocycles. The molecular weight excluding hydrogens is 258 g/mol. The third kappa shape index (κ3) is 2.34. The van der Waals surface area contributed by atoms with Gasteiger partial charge in [0.25, 0.3) is 11.8 Å². The van der Waals surface area contributed by atoms with Gasteiger partial charge >= 0.3 is 0 Å². The number of nitrogens with zero attached hydrogens (tertiary/aromatic N) is 1. The molecule has 2 N–H and O–H groups in total. The third-order valence-electron chi connectivity index (χ3n) is 3.62. The number of anilines is 1. The van der Waals surface area contributed by atoms with Gasteiger partial charge in [-0.05, 0) is 25.1 Å². The number of carbonyl (C=O) groups is 2. The number of rotatable bonds is 1. The van der Waals surface area contributed by atoms with E-state index < -0.39 is 0 Å². The molecule has 0 radical (unpaired) electrons. The van der Waals surface area contributed by atoms with Crippen molar-refractivity contribution in [2.24, 2.45) is 0 Å². The van der Waals surface area contributed by atoms with Crippen molar-refractivity contribution in [3.05, 3.63) is 23.8 Å². The zero-order valence-electron chi connectivity index (χ0n) is 11.3. The lowest BCUT2D eigenvalue weighted by molar-refractivity contribution is -0.118. The largest absolute Gasteiger partial charge is 0.482 e. The summed E-state index contributed by atoms with van der Waals surface area (Å²) in [7, 11) is 0. The Hall–Kier alpha value is -2.08. The monoisotopic (exact) mass is 275 g/mol. The molecule has 1 fully saturated rings. The van der Waals surface area contributed by atoms with Crippen LogP contribution in [0.3, 0.4) is 0 Å². The maximum absolute atomic E-state index is 12.5. The van der Waals surface area contributed by atoms with Crippen molar-refractivity contribution in [3.8, 4) is 5.75 Å². The third-order valence-corrected chi connectivity index (χ3v) is 3.62. The number of hydrogen-bond acceptors (Lipinski definition) is 4. The van der Waals surface area contributed by atoms with Crippen LogP contribution in [0.25, 0.3) is 0 Å². The summed E-state index contributed by atoms with van der Waals surface area (Å²) in [5, 5.41) is 5.98. The smallest absolute Gasteiger partial charge is 0.262 e. The van der Waals surface area contributed by atoms with Crippen molar-refractivity contribution in [2.45, 2.75) is 13.0 Å². The van der Waals surface area contributed by atoms with Crippen LogP contribution >= 0.6 is 0 Å². The van der Waals surface area contributed by atoms with E-state index in [1.165, 1.54) is 0 Å². The van der Waals surface area contributed by atoms with E-state index in [1.54, 1.807) is 18.2 Å². The van der Waals surface area contributed by atoms with E-state index in [1.807, 2.05) is 11.8 Å². The Balaban J connectivity index is 1.85. The van der Waals surface area contributed by atoms with Crippen molar-refractivity contribution >= 4 is 17.5 Å². The average molecular weight is 275 g/mol. The van der Waals surface area contributed by atoms with Crippen LogP contribution < -0.4 is 15.4 Å². The van der Waals surface area contributed by atoms with Gasteiger partial charge in [0.15, 0.2) is 6.61 Å². The van der Waals surface area contributed by atoms with Crippen LogP contribution in [0.15, 0.2) is 18.2 Å². The first-order chi connectivity index (χ1) is 9.65. The molecule has 6 nitrogen and oxygen atoms in total. The lowest BCUT2D eigenvalue weighted by Gasteiger charge is -2.34. The first kappa shape index (κ1) is 12.9. The highest BCUT2D eigenvalue weighted by Crippen LogP contribution is 2.29. The molecule has 0 bridgehead atoms. The minimum Gasteiger partial charge on any atom is -0.482 e. The summed E-state index contributed by atoms with van der Waals surface area (Å²) in [4.78, 5) is 25.7. The molecule has 2 heterocycles. The van der Waals surface area contributed by atoms with Crippen molar-refractivity contribution in [1.29, 1.82) is 0 Å². The van der Waals surface area contributed by atoms with E-state index >= 15 is 0 Å². The summed E-state index contributed by atoms with van der Waals surface area (Å²) >= 11 is 0. The lowest BCUT2D eigenvalue weighted by atomic mass is 10.1. The predicted octanol–water partition coefficient (Wildman–Crippen LogP) is 0.451. The van der Waals surface area contributed by atoms with Gasteiger partial charge in [-0.2, -0.15) is 0 Å². The second kappa shape index (κ2) is 5.13. The summed E-state index contributed by atoms with van der Waals surface area (Å²) in [5.74, 6) is 0.397. The Bertz CT molecular complexity index is 559. The van der Waals surface area contributed by atoms with Gasteiger partial charge in [-0.25, -0.2) is 0 Å². The zero-order chi connectivity index (χ0) is 14.1. The van der Waals surface area contributed by atoms with Crippen molar-refractivity contribution < 1.29 is 14.3 Å². The maximum Gasteiger partial charge on any atom is 0.262 e. The molecule has 2 aliphatic rings. The molecule has 0 aromatic heterocycles. The fraction of sp³-hybridized carbons (Fsp3) is 0.429. The fourth-order valence-corrected chi connectivity index (χ4v) is 2.52. The minimum absolute atomic E-state index is 0.0124. The second-order valence-electron chi connectivity index (χ2n) is 5.10. The minimum atomic E-state index is -0.197. The highest BCUT2D eigenvalue weighted by molar-refractivity contribution is 6.00. The molecule has 1 atom stereocenters. The molecule has 0 aliphatic carbocycles. The molecule has 106 valence electrons. The first-order valence-corrected chi connectivity index (χ1v) is 6.73. The molecule has 1 aromatic carbocycles. The van der Waals surface area contributed by atoms with Crippen molar-refractivity contribution in [1.82, 2.24) is 10.2 Å². The molecule has 0 unspecified atom stereocenters. The van der Waals surface area contributed by atoms with E-state index in [4.69, 9.17) is 4.74 Å². The summed E-state index contributed by atoms with van der Waals surface area (Å²) in [6.45, 7) is 4.35. The van der Waals surface area contributed by atoms with E-state index in [0.717, 1.165) is 13.1 Å². The van der Waals surface area contributed by atoms with E-state index in [-0.39, 0.29) is 24.5 Å². The Morgan fingerprint density at radius 1 is 1.45 bits per heavy atom. The number of fused-ring (bicyclic) bond motifs is 1. The van der Waals surface area contributed by atoms with Gasteiger partial charge in [0.1, 0.15) is 5.75 Å². The standard InChI is InChI=1S/C14H17N3O3/c1-9-7-15-4-5-17(9)14(19)10-2-3-12-11(6-10)16-13(18)8-20-12/h2-3,6,9,15H,4-5,7-8H2,1H3,(H,16,18)/t9-/m0/s1. The SMILES string of the molecule is C[C@H]1CNCCN1C(=O)c1ccc2c(c1)NC(=O)CO2. The summed E-state index contributed by atoms with van der Waals surface area (Å²) < 4.78 is 5.29. The Morgan fingerprint density at radius 2 is 2.30 bits per heavy atom. The molecule has 0 saturated carbocycles. The maximum atomic E-state index is 12.5. The van der Waals surface area contributed by atoms with Crippen LogP contribution in [0, 0.1) is 0 Å². The number of hydrogen-bond donors (Lipinski definition) is 2. The number of nitrogens with one attached hydrogen (secondary N) is 2. The van der Waals surface area contributed by atoms with E-state index in [0.29, 0.717) is 23.5 Å². The summed E-state index contributed by atoms with van der Waals surface area (Å²) in [6, 6.07) is 5.32. The van der Waals surface area contributed by atoms with Gasteiger partial charge in [0.2, 0.25) is 0 Å². The van der Waals surface area contributed by atoms with Crippen molar-refractivity contribution in [3.63, 3.8) is 0 Å². The highest BCUT2D eigenvalue weighted by Gasteiger charge is 2.25. The molecule has 20 heavy (non-hydrogen) atoms. The van der Waals surface area contributed by atoms with E-state index in [2.05, 4.69) is 10.6 Å². The van der Waals surface area contributed by atoms with Crippen LogP contribution in [0.5, 0.6) is 5.75 Å². The topological polar surface area (TPSA) is 70.7 Å². The molecule has 2 amide bonds. The van der Waals surface area contributed by atoms with Crippen molar-refractivity contribution in [2.75, 3.05) is 31.6 Å². The van der Waals surface area contributed by atoms with E-state index in [9.17, 15) is 9.59 Å². The number of amides is 2. The van der Waals surface area contributed by atoms with Gasteiger partial charge in [-0.1, -0.05) is 0 Å². The average Bonchev–Trinajstić information content (AvgIpc) is 2.46. The predicted molar refractivity (Wildman–Crippen MR) is 73.9 cm³/mol. The van der Waals surface area contributed by atoms with Crippen LogP contribution in [0.1, 0.15) is 17.3 Å². The number of piperazine rings is 1. The molecule has 1 aromatic rings. The second-order valence-corrected chi connectivity index (χ2v) is 5.10. The van der Waals surface area contributed by atoms with Gasteiger partial charge in [0, 0.05) is 31.2 Å². The van der Waals surface area contributed by atoms with Crippen LogP contribution in [-0.4, -0.2) is 49.0 Å². The van der Waals surface area contributed by atoms with Crippen LogP contribution in [-0.2, 0) is 4.79 Å². The fourth-order valence-electron chi connectivity index (χ4n) is 2.52. The normalized spacial score (nSPS) is 21.8. The summed E-state index contributed by atoms with van der Waals surface area (Å²) in [5.41, 5.74) is 1.14. The molecular formula is C14H17N3O3. The van der Waals surface area contributed by atoms with Gasteiger partial charge < -0.3 is 20.3 Å². The lowest BCUT2D eigenvalue weighted by Crippen LogP contribution is -2.52. The number of carbonyl (C=O) groups excluding carboxylic acids is 2. The van der Waals surface area contributed by atoms with Crippen LogP contribution in [0.2, 0.25) is 0 Å². The first-order valence-electron chi connectivity index (χ1n) is 6.73. The number of benzene rings is 1.